The van der Waals surface area contributed by atoms with E-state index >= 15 is 0 Å². The molecule has 0 heterocycles. The van der Waals surface area contributed by atoms with Gasteiger partial charge in [0.2, 0.25) is 0 Å². The summed E-state index contributed by atoms with van der Waals surface area (Å²) in [6.07, 6.45) is 0.405. The summed E-state index contributed by atoms with van der Waals surface area (Å²) in [5.41, 5.74) is 0.953. The molecule has 0 N–H and O–H groups in total. The largest absolute Gasteiger partial charge is 0.461 e. The second-order valence-corrected chi connectivity index (χ2v) is 4.42. The van der Waals surface area contributed by atoms with Crippen molar-refractivity contribution in [3.63, 3.8) is 0 Å². The Morgan fingerprint density at radius 1 is 1.36 bits per heavy atom. The number of benzene rings is 1. The summed E-state index contributed by atoms with van der Waals surface area (Å²) in [6.45, 7) is 2.08. The maximum Gasteiger partial charge on any atom is 0.305 e. The van der Waals surface area contributed by atoms with Gasteiger partial charge in [0.1, 0.15) is 6.61 Å². The first-order valence-electron chi connectivity index (χ1n) is 4.23. The molecule has 0 atom stereocenters. The molecule has 0 aliphatic carbocycles. The predicted octanol–water partition coefficient (Wildman–Crippen LogP) is 3.66. The molecule has 4 heteroatoms. The minimum Gasteiger partial charge on any atom is -0.461 e. The van der Waals surface area contributed by atoms with Crippen LogP contribution in [0, 0.1) is 0 Å². The molecule has 0 amide bonds. The predicted molar refractivity (Wildman–Crippen MR) is 61.9 cm³/mol. The lowest BCUT2D eigenvalue weighted by molar-refractivity contribution is -0.144. The van der Waals surface area contributed by atoms with Gasteiger partial charge in [-0.25, -0.2) is 0 Å². The maximum atomic E-state index is 11.0. The molecule has 0 aromatic heterocycles. The molecule has 0 radical (unpaired) electrons. The summed E-state index contributed by atoms with van der Waals surface area (Å²) in [5, 5.41) is 0. The monoisotopic (exact) mass is 320 g/mol. The Morgan fingerprint density at radius 3 is 2.43 bits per heavy atom. The molecule has 1 rings (SSSR count). The lowest BCUT2D eigenvalue weighted by atomic mass is 10.2. The minimum absolute atomic E-state index is 0.187. The lowest BCUT2D eigenvalue weighted by Crippen LogP contribution is -2.03. The Balaban J connectivity index is 2.71. The van der Waals surface area contributed by atoms with E-state index in [1.165, 1.54) is 0 Å². The van der Waals surface area contributed by atoms with Crippen LogP contribution in [0.2, 0.25) is 0 Å². The van der Waals surface area contributed by atoms with Crippen molar-refractivity contribution in [1.82, 2.24) is 0 Å². The fraction of sp³-hybridized carbons (Fsp3) is 0.300. The SMILES string of the molecule is CCC(=O)OCc1c(Br)cccc1Br. The van der Waals surface area contributed by atoms with E-state index in [1.807, 2.05) is 18.2 Å². The fourth-order valence-corrected chi connectivity index (χ4v) is 2.15. The van der Waals surface area contributed by atoms with Gasteiger partial charge in [0, 0.05) is 20.9 Å². The molecular formula is C10H10Br2O2. The molecule has 0 spiro atoms. The van der Waals surface area contributed by atoms with Crippen LogP contribution < -0.4 is 0 Å². The molecule has 0 aliphatic rings. The highest BCUT2D eigenvalue weighted by Gasteiger charge is 2.06. The molecule has 0 fully saturated rings. The molecule has 2 nitrogen and oxygen atoms in total. The van der Waals surface area contributed by atoms with Gasteiger partial charge in [-0.15, -0.1) is 0 Å². The van der Waals surface area contributed by atoms with Gasteiger partial charge in [-0.1, -0.05) is 44.8 Å². The Morgan fingerprint density at radius 2 is 1.93 bits per heavy atom. The summed E-state index contributed by atoms with van der Waals surface area (Å²) < 4.78 is 6.92. The first kappa shape index (κ1) is 11.7. The van der Waals surface area contributed by atoms with Crippen molar-refractivity contribution in [3.05, 3.63) is 32.7 Å². The van der Waals surface area contributed by atoms with Gasteiger partial charge in [0.05, 0.1) is 0 Å². The van der Waals surface area contributed by atoms with Crippen LogP contribution in [0.4, 0.5) is 0 Å². The van der Waals surface area contributed by atoms with Crippen molar-refractivity contribution in [2.24, 2.45) is 0 Å². The molecular weight excluding hydrogens is 312 g/mol. The van der Waals surface area contributed by atoms with Gasteiger partial charge in [-0.3, -0.25) is 4.79 Å². The molecule has 0 saturated heterocycles. The quantitative estimate of drug-likeness (QED) is 0.794. The highest BCUT2D eigenvalue weighted by molar-refractivity contribution is 9.11. The summed E-state index contributed by atoms with van der Waals surface area (Å²) in [5.74, 6) is -0.187. The summed E-state index contributed by atoms with van der Waals surface area (Å²) in [7, 11) is 0. The summed E-state index contributed by atoms with van der Waals surface area (Å²) in [4.78, 5) is 11.0. The second kappa shape index (κ2) is 5.51. The summed E-state index contributed by atoms with van der Waals surface area (Å²) in [6, 6.07) is 5.75. The van der Waals surface area contributed by atoms with Crippen LogP contribution in [0.15, 0.2) is 27.1 Å². The number of carbonyl (C=O) groups excluding carboxylic acids is 1. The van der Waals surface area contributed by atoms with Crippen LogP contribution in [-0.2, 0) is 16.1 Å². The highest BCUT2D eigenvalue weighted by atomic mass is 79.9. The standard InChI is InChI=1S/C10H10Br2O2/c1-2-10(13)14-6-7-8(11)4-3-5-9(7)12/h3-5H,2,6H2,1H3. The van der Waals surface area contributed by atoms with Crippen molar-refractivity contribution in [2.45, 2.75) is 20.0 Å². The second-order valence-electron chi connectivity index (χ2n) is 2.71. The third-order valence-corrected chi connectivity index (χ3v) is 3.21. The third-order valence-electron chi connectivity index (χ3n) is 1.73. The molecule has 0 bridgehead atoms. The topological polar surface area (TPSA) is 26.3 Å². The average Bonchev–Trinajstić information content (AvgIpc) is 2.16. The van der Waals surface area contributed by atoms with Crippen molar-refractivity contribution in [2.75, 3.05) is 0 Å². The summed E-state index contributed by atoms with van der Waals surface area (Å²) >= 11 is 6.80. The number of ether oxygens (including phenoxy) is 1. The van der Waals surface area contributed by atoms with E-state index in [2.05, 4.69) is 31.9 Å². The van der Waals surface area contributed by atoms with E-state index < -0.39 is 0 Å². The van der Waals surface area contributed by atoms with E-state index in [-0.39, 0.29) is 5.97 Å². The molecule has 14 heavy (non-hydrogen) atoms. The number of rotatable bonds is 3. The zero-order valence-corrected chi connectivity index (χ0v) is 10.9. The van der Waals surface area contributed by atoms with Gasteiger partial charge < -0.3 is 4.74 Å². The Bertz CT molecular complexity index is 317. The lowest BCUT2D eigenvalue weighted by Gasteiger charge is -2.07. The maximum absolute atomic E-state index is 11.0. The molecule has 1 aromatic carbocycles. The first-order chi connectivity index (χ1) is 6.65. The van der Waals surface area contributed by atoms with Crippen molar-refractivity contribution >= 4 is 37.8 Å². The van der Waals surface area contributed by atoms with Gasteiger partial charge in [0.25, 0.3) is 0 Å². The van der Waals surface area contributed by atoms with Crippen LogP contribution in [-0.4, -0.2) is 5.97 Å². The van der Waals surface area contributed by atoms with E-state index in [0.29, 0.717) is 13.0 Å². The van der Waals surface area contributed by atoms with Crippen LogP contribution >= 0.6 is 31.9 Å². The van der Waals surface area contributed by atoms with E-state index in [9.17, 15) is 4.79 Å². The smallest absolute Gasteiger partial charge is 0.305 e. The molecule has 0 saturated carbocycles. The number of carbonyl (C=O) groups is 1. The van der Waals surface area contributed by atoms with Crippen LogP contribution in [0.5, 0.6) is 0 Å². The van der Waals surface area contributed by atoms with Gasteiger partial charge >= 0.3 is 5.97 Å². The minimum atomic E-state index is -0.187. The van der Waals surface area contributed by atoms with Gasteiger partial charge in [-0.2, -0.15) is 0 Å². The van der Waals surface area contributed by atoms with Gasteiger partial charge in [-0.05, 0) is 12.1 Å². The zero-order chi connectivity index (χ0) is 10.6. The van der Waals surface area contributed by atoms with E-state index in [0.717, 1.165) is 14.5 Å². The normalized spacial score (nSPS) is 9.93. The third kappa shape index (κ3) is 3.10. The van der Waals surface area contributed by atoms with Crippen molar-refractivity contribution in [1.29, 1.82) is 0 Å². The van der Waals surface area contributed by atoms with Crippen LogP contribution in [0.1, 0.15) is 18.9 Å². The zero-order valence-electron chi connectivity index (χ0n) is 7.72. The Hall–Kier alpha value is -0.350. The molecule has 0 unspecified atom stereocenters. The molecule has 76 valence electrons. The number of esters is 1. The fourth-order valence-electron chi connectivity index (χ4n) is 0.925. The highest BCUT2D eigenvalue weighted by Crippen LogP contribution is 2.25. The van der Waals surface area contributed by atoms with E-state index in [4.69, 9.17) is 4.74 Å². The van der Waals surface area contributed by atoms with E-state index in [1.54, 1.807) is 6.92 Å². The Labute approximate surface area is 99.9 Å². The number of hydrogen-bond donors (Lipinski definition) is 0. The molecule has 1 aromatic rings. The molecule has 0 aliphatic heterocycles. The van der Waals surface area contributed by atoms with Crippen LogP contribution in [0.25, 0.3) is 0 Å². The number of hydrogen-bond acceptors (Lipinski definition) is 2. The Kier molecular flexibility index (Phi) is 4.62. The average molecular weight is 322 g/mol. The van der Waals surface area contributed by atoms with Crippen molar-refractivity contribution < 1.29 is 9.53 Å². The van der Waals surface area contributed by atoms with Crippen LogP contribution in [0.3, 0.4) is 0 Å². The van der Waals surface area contributed by atoms with Crippen molar-refractivity contribution in [3.8, 4) is 0 Å². The van der Waals surface area contributed by atoms with Gasteiger partial charge in [0.15, 0.2) is 0 Å². The first-order valence-corrected chi connectivity index (χ1v) is 5.82. The number of halogens is 2.